The third-order valence-corrected chi connectivity index (χ3v) is 2.29. The van der Waals surface area contributed by atoms with E-state index in [0.29, 0.717) is 0 Å². The van der Waals surface area contributed by atoms with Crippen molar-refractivity contribution in [1.29, 1.82) is 0 Å². The van der Waals surface area contributed by atoms with Crippen molar-refractivity contribution in [3.8, 4) is 5.75 Å². The van der Waals surface area contributed by atoms with Crippen LogP contribution >= 0.6 is 0 Å². The molecular weight excluding hydrogens is 221 g/mol. The van der Waals surface area contributed by atoms with Gasteiger partial charge in [-0.1, -0.05) is 6.07 Å². The zero-order valence-electron chi connectivity index (χ0n) is 8.25. The fraction of sp³-hybridized carbons (Fsp3) is 0.364. The minimum Gasteiger partial charge on any atom is -0.426 e. The first-order chi connectivity index (χ1) is 7.47. The Morgan fingerprint density at radius 1 is 1.31 bits per heavy atom. The Morgan fingerprint density at radius 2 is 2.00 bits per heavy atom. The van der Waals surface area contributed by atoms with E-state index in [2.05, 4.69) is 0 Å². The van der Waals surface area contributed by atoms with Crippen LogP contribution in [0.4, 0.5) is 13.2 Å². The van der Waals surface area contributed by atoms with Crippen LogP contribution in [0.2, 0.25) is 0 Å². The monoisotopic (exact) mass is 230 g/mol. The van der Waals surface area contributed by atoms with Gasteiger partial charge in [-0.3, -0.25) is 4.79 Å². The molecule has 5 heteroatoms. The normalized spacial score (nSPS) is 15.9. The van der Waals surface area contributed by atoms with Crippen molar-refractivity contribution in [2.45, 2.75) is 19.0 Å². The Morgan fingerprint density at radius 3 is 2.56 bits per heavy atom. The standard InChI is InChI=1S/C11H9F3O2/c12-11(13,14)8-2-1-3-9(6-8)16-10(15)7-4-5-7/h1-3,6-7H,4-5H2. The summed E-state index contributed by atoms with van der Waals surface area (Å²) in [7, 11) is 0. The third-order valence-electron chi connectivity index (χ3n) is 2.29. The molecular formula is C11H9F3O2. The lowest BCUT2D eigenvalue weighted by Crippen LogP contribution is -2.11. The molecule has 0 amide bonds. The number of carbonyl (C=O) groups is 1. The second-order valence-corrected chi connectivity index (χ2v) is 3.72. The number of halogens is 3. The van der Waals surface area contributed by atoms with Crippen LogP contribution < -0.4 is 4.74 Å². The second kappa shape index (κ2) is 3.81. The fourth-order valence-electron chi connectivity index (χ4n) is 1.25. The van der Waals surface area contributed by atoms with Gasteiger partial charge in [0.15, 0.2) is 0 Å². The summed E-state index contributed by atoms with van der Waals surface area (Å²) in [6.45, 7) is 0. The van der Waals surface area contributed by atoms with Crippen LogP contribution in [-0.2, 0) is 11.0 Å². The van der Waals surface area contributed by atoms with Gasteiger partial charge in [-0.05, 0) is 31.0 Å². The Labute approximate surface area is 90.0 Å². The van der Waals surface area contributed by atoms with Crippen molar-refractivity contribution in [3.05, 3.63) is 29.8 Å². The number of rotatable bonds is 2. The van der Waals surface area contributed by atoms with Crippen molar-refractivity contribution >= 4 is 5.97 Å². The highest BCUT2D eigenvalue weighted by Gasteiger charge is 2.33. The molecule has 0 radical (unpaired) electrons. The van der Waals surface area contributed by atoms with Crippen LogP contribution in [0.1, 0.15) is 18.4 Å². The predicted octanol–water partition coefficient (Wildman–Crippen LogP) is 3.02. The lowest BCUT2D eigenvalue weighted by molar-refractivity contribution is -0.139. The first kappa shape index (κ1) is 11.0. The molecule has 0 atom stereocenters. The molecule has 16 heavy (non-hydrogen) atoms. The van der Waals surface area contributed by atoms with E-state index in [4.69, 9.17) is 4.74 Å². The molecule has 0 heterocycles. The van der Waals surface area contributed by atoms with Gasteiger partial charge >= 0.3 is 12.1 Å². The van der Waals surface area contributed by atoms with Crippen molar-refractivity contribution in [1.82, 2.24) is 0 Å². The van der Waals surface area contributed by atoms with Gasteiger partial charge in [0.1, 0.15) is 5.75 Å². The van der Waals surface area contributed by atoms with E-state index in [1.165, 1.54) is 12.1 Å². The molecule has 0 N–H and O–H groups in total. The van der Waals surface area contributed by atoms with Crippen molar-refractivity contribution in [3.63, 3.8) is 0 Å². The predicted molar refractivity (Wildman–Crippen MR) is 49.8 cm³/mol. The molecule has 1 aromatic rings. The molecule has 0 spiro atoms. The van der Waals surface area contributed by atoms with E-state index in [1.807, 2.05) is 0 Å². The van der Waals surface area contributed by atoms with Gasteiger partial charge in [0, 0.05) is 0 Å². The lowest BCUT2D eigenvalue weighted by Gasteiger charge is -2.08. The average Bonchev–Trinajstić information content (AvgIpc) is 2.99. The maximum atomic E-state index is 12.3. The average molecular weight is 230 g/mol. The maximum absolute atomic E-state index is 12.3. The highest BCUT2D eigenvalue weighted by atomic mass is 19.4. The van der Waals surface area contributed by atoms with E-state index in [1.54, 1.807) is 0 Å². The zero-order chi connectivity index (χ0) is 11.8. The van der Waals surface area contributed by atoms with E-state index in [9.17, 15) is 18.0 Å². The maximum Gasteiger partial charge on any atom is 0.416 e. The van der Waals surface area contributed by atoms with Crippen LogP contribution in [-0.4, -0.2) is 5.97 Å². The minimum atomic E-state index is -4.41. The summed E-state index contributed by atoms with van der Waals surface area (Å²) in [6.07, 6.45) is -2.89. The summed E-state index contributed by atoms with van der Waals surface area (Å²) in [4.78, 5) is 11.2. The summed E-state index contributed by atoms with van der Waals surface area (Å²) >= 11 is 0. The highest BCUT2D eigenvalue weighted by Crippen LogP contribution is 2.33. The third kappa shape index (κ3) is 2.53. The summed E-state index contributed by atoms with van der Waals surface area (Å²) < 4.78 is 41.8. The van der Waals surface area contributed by atoms with E-state index >= 15 is 0 Å². The molecule has 2 nitrogen and oxygen atoms in total. The largest absolute Gasteiger partial charge is 0.426 e. The minimum absolute atomic E-state index is 0.0493. The zero-order valence-corrected chi connectivity index (χ0v) is 8.25. The molecule has 1 aliphatic rings. The van der Waals surface area contributed by atoms with Crippen molar-refractivity contribution < 1.29 is 22.7 Å². The quantitative estimate of drug-likeness (QED) is 0.576. The number of ether oxygens (including phenoxy) is 1. The molecule has 0 saturated heterocycles. The fourth-order valence-corrected chi connectivity index (χ4v) is 1.25. The SMILES string of the molecule is O=C(Oc1cccc(C(F)(F)F)c1)C1CC1. The number of benzene rings is 1. The Balaban J connectivity index is 2.12. The first-order valence-electron chi connectivity index (χ1n) is 4.86. The highest BCUT2D eigenvalue weighted by molar-refractivity contribution is 5.77. The molecule has 0 bridgehead atoms. The van der Waals surface area contributed by atoms with Gasteiger partial charge in [-0.25, -0.2) is 0 Å². The number of hydrogen-bond acceptors (Lipinski definition) is 2. The summed E-state index contributed by atoms with van der Waals surface area (Å²) in [5.74, 6) is -0.624. The van der Waals surface area contributed by atoms with Gasteiger partial charge < -0.3 is 4.74 Å². The summed E-state index contributed by atoms with van der Waals surface area (Å²) in [5, 5.41) is 0. The molecule has 1 aliphatic carbocycles. The van der Waals surface area contributed by atoms with Crippen LogP contribution in [0.3, 0.4) is 0 Å². The molecule has 0 aromatic heterocycles. The molecule has 2 rings (SSSR count). The van der Waals surface area contributed by atoms with E-state index < -0.39 is 17.7 Å². The number of alkyl halides is 3. The van der Waals surface area contributed by atoms with Crippen LogP contribution in [0.25, 0.3) is 0 Å². The van der Waals surface area contributed by atoms with E-state index in [0.717, 1.165) is 25.0 Å². The number of carbonyl (C=O) groups excluding carboxylic acids is 1. The first-order valence-corrected chi connectivity index (χ1v) is 4.86. The number of esters is 1. The van der Waals surface area contributed by atoms with Gasteiger partial charge in [-0.2, -0.15) is 13.2 Å². The van der Waals surface area contributed by atoms with Gasteiger partial charge in [0.2, 0.25) is 0 Å². The Hall–Kier alpha value is -1.52. The van der Waals surface area contributed by atoms with Gasteiger partial charge in [-0.15, -0.1) is 0 Å². The lowest BCUT2D eigenvalue weighted by atomic mass is 10.2. The van der Waals surface area contributed by atoms with E-state index in [-0.39, 0.29) is 11.7 Å². The molecule has 0 aliphatic heterocycles. The molecule has 86 valence electrons. The van der Waals surface area contributed by atoms with Gasteiger partial charge in [0.25, 0.3) is 0 Å². The van der Waals surface area contributed by atoms with Crippen molar-refractivity contribution in [2.24, 2.45) is 5.92 Å². The molecule has 0 unspecified atom stereocenters. The van der Waals surface area contributed by atoms with Gasteiger partial charge in [0.05, 0.1) is 11.5 Å². The number of hydrogen-bond donors (Lipinski definition) is 0. The summed E-state index contributed by atoms with van der Waals surface area (Å²) in [5.41, 5.74) is -0.811. The van der Waals surface area contributed by atoms with Crippen LogP contribution in [0.15, 0.2) is 24.3 Å². The molecule has 1 saturated carbocycles. The Kier molecular flexibility index (Phi) is 2.61. The van der Waals surface area contributed by atoms with Crippen LogP contribution in [0.5, 0.6) is 5.75 Å². The Bertz CT molecular complexity index is 408. The smallest absolute Gasteiger partial charge is 0.416 e. The molecule has 1 fully saturated rings. The van der Waals surface area contributed by atoms with Crippen LogP contribution in [0, 0.1) is 5.92 Å². The topological polar surface area (TPSA) is 26.3 Å². The summed E-state index contributed by atoms with van der Waals surface area (Å²) in [6, 6.07) is 4.34. The second-order valence-electron chi connectivity index (χ2n) is 3.72. The van der Waals surface area contributed by atoms with Crippen molar-refractivity contribution in [2.75, 3.05) is 0 Å². The molecule has 1 aromatic carbocycles.